The summed E-state index contributed by atoms with van der Waals surface area (Å²) in [7, 11) is 0. The fourth-order valence-corrected chi connectivity index (χ4v) is 6.35. The highest BCUT2D eigenvalue weighted by Gasteiger charge is 2.36. The third-order valence-electron chi connectivity index (χ3n) is 9.40. The van der Waals surface area contributed by atoms with Gasteiger partial charge in [-0.15, -0.1) is 13.2 Å². The Kier molecular flexibility index (Phi) is 14.6. The van der Waals surface area contributed by atoms with Crippen molar-refractivity contribution in [3.8, 4) is 0 Å². The van der Waals surface area contributed by atoms with E-state index in [2.05, 4.69) is 100 Å². The number of alkyl carbamates (subject to hydrolysis) is 2. The summed E-state index contributed by atoms with van der Waals surface area (Å²) in [5.74, 6) is 0.858. The number of hydrogen-bond acceptors (Lipinski definition) is 4. The highest BCUT2D eigenvalue weighted by molar-refractivity contribution is 5.69. The third-order valence-corrected chi connectivity index (χ3v) is 9.40. The van der Waals surface area contributed by atoms with Crippen LogP contribution >= 0.6 is 0 Å². The van der Waals surface area contributed by atoms with Gasteiger partial charge >= 0.3 is 12.2 Å². The van der Waals surface area contributed by atoms with Gasteiger partial charge in [0.15, 0.2) is 0 Å². The van der Waals surface area contributed by atoms with Gasteiger partial charge in [-0.3, -0.25) is 0 Å². The second-order valence-corrected chi connectivity index (χ2v) is 14.0. The molecule has 1 aliphatic carbocycles. The van der Waals surface area contributed by atoms with Crippen LogP contribution in [0.2, 0.25) is 0 Å². The number of ether oxygens (including phenoxy) is 2. The number of benzene rings is 4. The molecule has 0 radical (unpaired) electrons. The summed E-state index contributed by atoms with van der Waals surface area (Å²) < 4.78 is 10.9. The van der Waals surface area contributed by atoms with Crippen LogP contribution in [0.4, 0.5) is 9.59 Å². The summed E-state index contributed by atoms with van der Waals surface area (Å²) in [5.41, 5.74) is 5.59. The van der Waals surface area contributed by atoms with Crippen LogP contribution in [0.5, 0.6) is 0 Å². The van der Waals surface area contributed by atoms with E-state index >= 15 is 0 Å². The molecule has 2 amide bonds. The molecule has 52 heavy (non-hydrogen) atoms. The second kappa shape index (κ2) is 19.3. The monoisotopic (exact) mass is 698 g/mol. The van der Waals surface area contributed by atoms with Crippen molar-refractivity contribution in [3.63, 3.8) is 0 Å². The van der Waals surface area contributed by atoms with Gasteiger partial charge in [-0.2, -0.15) is 0 Å². The zero-order chi connectivity index (χ0) is 37.4. The fourth-order valence-electron chi connectivity index (χ4n) is 6.35. The van der Waals surface area contributed by atoms with Crippen LogP contribution in [0.3, 0.4) is 0 Å². The normalized spacial score (nSPS) is 13.1. The van der Waals surface area contributed by atoms with E-state index < -0.39 is 17.2 Å². The van der Waals surface area contributed by atoms with E-state index in [9.17, 15) is 9.59 Å². The molecule has 2 N–H and O–H groups in total. The summed E-state index contributed by atoms with van der Waals surface area (Å²) in [5, 5.41) is 6.20. The Bertz CT molecular complexity index is 1760. The molecule has 4 aromatic carbocycles. The van der Waals surface area contributed by atoms with Gasteiger partial charge in [0, 0.05) is 0 Å². The largest absolute Gasteiger partial charge is 0.445 e. The lowest BCUT2D eigenvalue weighted by Crippen LogP contribution is -2.45. The van der Waals surface area contributed by atoms with Crippen molar-refractivity contribution in [1.82, 2.24) is 10.6 Å². The summed E-state index contributed by atoms with van der Waals surface area (Å²) in [6.45, 7) is 17.0. The molecule has 6 nitrogen and oxygen atoms in total. The van der Waals surface area contributed by atoms with Crippen LogP contribution < -0.4 is 10.6 Å². The Balaban J connectivity index is 0.000000233. The van der Waals surface area contributed by atoms with E-state index in [4.69, 9.17) is 9.47 Å². The van der Waals surface area contributed by atoms with E-state index in [0.29, 0.717) is 24.7 Å². The molecule has 0 unspecified atom stereocenters. The van der Waals surface area contributed by atoms with Crippen LogP contribution in [0.1, 0.15) is 98.6 Å². The SMILES string of the molecule is C=CCC(CC=C)(NC(=O)OCc1ccccc1)c1cccc(C(C)C)c1.CC(C)c1cccc(C2(NC(=O)OCc3ccccc3)CC=CC2)c1. The number of rotatable bonds is 14. The maximum atomic E-state index is 12.6. The van der Waals surface area contributed by atoms with Gasteiger partial charge in [-0.05, 0) is 70.9 Å². The van der Waals surface area contributed by atoms with Crippen molar-refractivity contribution in [2.75, 3.05) is 0 Å². The number of carbonyl (C=O) groups excluding carboxylic acids is 2. The second-order valence-electron chi connectivity index (χ2n) is 14.0. The standard InChI is InChI=1S/C24H29NO2.C22H25NO2/c1-5-15-24(16-6-2,22-14-10-13-21(17-22)19(3)4)25-23(26)27-18-20-11-8-7-9-12-20;1-17(2)19-11-8-12-20(15-19)22(13-6-7-14-22)23-21(24)25-16-18-9-4-3-5-10-18/h5-14,17,19H,1-2,15-16,18H2,3-4H3,(H,25,26);3-12,15,17H,13-14,16H2,1-2H3,(H,23,24). The molecule has 5 rings (SSSR count). The average molecular weight is 699 g/mol. The molecule has 0 saturated carbocycles. The van der Waals surface area contributed by atoms with Crippen molar-refractivity contribution < 1.29 is 19.1 Å². The van der Waals surface area contributed by atoms with Crippen LogP contribution in [-0.2, 0) is 33.8 Å². The first-order valence-corrected chi connectivity index (χ1v) is 18.1. The Labute approximate surface area is 310 Å². The van der Waals surface area contributed by atoms with Gasteiger partial charge < -0.3 is 20.1 Å². The molecule has 0 heterocycles. The summed E-state index contributed by atoms with van der Waals surface area (Å²) in [6.07, 6.45) is 9.82. The van der Waals surface area contributed by atoms with Crippen LogP contribution in [-0.4, -0.2) is 12.2 Å². The minimum absolute atomic E-state index is 0.233. The minimum atomic E-state index is -0.623. The molecule has 0 fully saturated rings. The molecule has 272 valence electrons. The third kappa shape index (κ3) is 11.1. The van der Waals surface area contributed by atoms with Gasteiger partial charge in [-0.1, -0.05) is 161 Å². The molecule has 0 saturated heterocycles. The van der Waals surface area contributed by atoms with E-state index in [1.807, 2.05) is 84.9 Å². The molecule has 0 aromatic heterocycles. The molecular weight excluding hydrogens is 645 g/mol. The lowest BCUT2D eigenvalue weighted by Gasteiger charge is -2.34. The van der Waals surface area contributed by atoms with Crippen LogP contribution in [0, 0.1) is 0 Å². The minimum Gasteiger partial charge on any atom is -0.445 e. The van der Waals surface area contributed by atoms with Crippen molar-refractivity contribution >= 4 is 12.2 Å². The number of hydrogen-bond donors (Lipinski definition) is 2. The number of nitrogens with one attached hydrogen (secondary N) is 2. The Morgan fingerprint density at radius 2 is 1.19 bits per heavy atom. The first kappa shape index (κ1) is 39.4. The summed E-state index contributed by atoms with van der Waals surface area (Å²) >= 11 is 0. The fraction of sp³-hybridized carbons (Fsp3) is 0.304. The Morgan fingerprint density at radius 3 is 1.71 bits per heavy atom. The van der Waals surface area contributed by atoms with Crippen LogP contribution in [0.15, 0.2) is 147 Å². The van der Waals surface area contributed by atoms with E-state index in [0.717, 1.165) is 35.1 Å². The lowest BCUT2D eigenvalue weighted by atomic mass is 9.82. The van der Waals surface area contributed by atoms with Gasteiger partial charge in [0.2, 0.25) is 0 Å². The van der Waals surface area contributed by atoms with Gasteiger partial charge in [-0.25, -0.2) is 9.59 Å². The van der Waals surface area contributed by atoms with Gasteiger partial charge in [0.1, 0.15) is 13.2 Å². The molecule has 6 heteroatoms. The highest BCUT2D eigenvalue weighted by Crippen LogP contribution is 2.36. The van der Waals surface area contributed by atoms with Crippen LogP contribution in [0.25, 0.3) is 0 Å². The van der Waals surface area contributed by atoms with Crippen molar-refractivity contribution in [2.24, 2.45) is 0 Å². The predicted molar refractivity (Wildman–Crippen MR) is 212 cm³/mol. The number of carbonyl (C=O) groups is 2. The molecule has 0 aliphatic heterocycles. The first-order valence-electron chi connectivity index (χ1n) is 18.1. The molecule has 0 atom stereocenters. The van der Waals surface area contributed by atoms with Crippen molar-refractivity contribution in [3.05, 3.63) is 180 Å². The topological polar surface area (TPSA) is 76.7 Å². The van der Waals surface area contributed by atoms with Gasteiger partial charge in [0.05, 0.1) is 11.1 Å². The Morgan fingerprint density at radius 1 is 0.692 bits per heavy atom. The quantitative estimate of drug-likeness (QED) is 0.129. The summed E-state index contributed by atoms with van der Waals surface area (Å²) in [6, 6.07) is 36.2. The zero-order valence-electron chi connectivity index (χ0n) is 31.1. The Hall–Kier alpha value is -5.36. The molecule has 4 aromatic rings. The lowest BCUT2D eigenvalue weighted by molar-refractivity contribution is 0.125. The predicted octanol–water partition coefficient (Wildman–Crippen LogP) is 11.4. The average Bonchev–Trinajstić information content (AvgIpc) is 3.64. The summed E-state index contributed by atoms with van der Waals surface area (Å²) in [4.78, 5) is 25.0. The van der Waals surface area contributed by atoms with E-state index in [1.165, 1.54) is 11.1 Å². The van der Waals surface area contributed by atoms with E-state index in [-0.39, 0.29) is 19.3 Å². The highest BCUT2D eigenvalue weighted by atomic mass is 16.6. The molecule has 0 spiro atoms. The zero-order valence-corrected chi connectivity index (χ0v) is 31.1. The molecule has 1 aliphatic rings. The molecular formula is C46H54N2O4. The van der Waals surface area contributed by atoms with Gasteiger partial charge in [0.25, 0.3) is 0 Å². The number of amides is 2. The maximum Gasteiger partial charge on any atom is 0.408 e. The smallest absolute Gasteiger partial charge is 0.408 e. The molecule has 0 bridgehead atoms. The maximum absolute atomic E-state index is 12.6. The van der Waals surface area contributed by atoms with Crippen molar-refractivity contribution in [1.29, 1.82) is 0 Å². The van der Waals surface area contributed by atoms with E-state index in [1.54, 1.807) is 0 Å². The first-order chi connectivity index (χ1) is 25.1. The van der Waals surface area contributed by atoms with Crippen molar-refractivity contribution in [2.45, 2.75) is 89.5 Å².